The minimum atomic E-state index is -1.86. The Morgan fingerprint density at radius 1 is 1.07 bits per heavy atom. The van der Waals surface area contributed by atoms with Crippen molar-refractivity contribution in [1.29, 1.82) is 0 Å². The largest absolute Gasteiger partial charge is 0.391 e. The lowest BCUT2D eigenvalue weighted by molar-refractivity contribution is 0.00493. The van der Waals surface area contributed by atoms with E-state index in [1.807, 2.05) is 5.38 Å². The number of aliphatic hydroxyl groups excluding tert-OH is 1. The second-order valence-corrected chi connectivity index (χ2v) is 11.8. The summed E-state index contributed by atoms with van der Waals surface area (Å²) in [5.41, 5.74) is 0.868. The zero-order valence-corrected chi connectivity index (χ0v) is 19.1. The molecule has 1 fully saturated rings. The predicted octanol–water partition coefficient (Wildman–Crippen LogP) is 3.00. The summed E-state index contributed by atoms with van der Waals surface area (Å²) in [6, 6.07) is 21.2. The molecule has 2 aromatic carbocycles. The molecule has 0 spiro atoms. The van der Waals surface area contributed by atoms with Crippen LogP contribution in [0.1, 0.15) is 26.5 Å². The standard InChI is InChI=1S/C23H28N2O2SSi/c1-23(2,3)20-14-25(22-24-17(15-26)16-28-22)21(20)27-29(18-10-6-4-7-11-18)19-12-8-5-9-13-19/h4-13,16,20-21,26,29H,14-15H2,1-3H3. The van der Waals surface area contributed by atoms with Gasteiger partial charge in [-0.25, -0.2) is 4.98 Å². The Hall–Kier alpha value is -1.99. The van der Waals surface area contributed by atoms with Gasteiger partial charge in [0.05, 0.1) is 12.3 Å². The van der Waals surface area contributed by atoms with Gasteiger partial charge < -0.3 is 14.4 Å². The Morgan fingerprint density at radius 2 is 1.66 bits per heavy atom. The summed E-state index contributed by atoms with van der Waals surface area (Å²) in [4.78, 5) is 6.87. The van der Waals surface area contributed by atoms with E-state index in [0.717, 1.165) is 17.4 Å². The molecule has 29 heavy (non-hydrogen) atoms. The number of anilines is 1. The number of hydrogen-bond donors (Lipinski definition) is 1. The molecule has 4 rings (SSSR count). The van der Waals surface area contributed by atoms with Crippen LogP contribution in [0.4, 0.5) is 5.13 Å². The molecule has 2 unspecified atom stereocenters. The normalized spacial score (nSPS) is 19.4. The second-order valence-electron chi connectivity index (χ2n) is 8.63. The van der Waals surface area contributed by atoms with Crippen molar-refractivity contribution in [1.82, 2.24) is 4.98 Å². The van der Waals surface area contributed by atoms with E-state index >= 15 is 0 Å². The summed E-state index contributed by atoms with van der Waals surface area (Å²) in [5.74, 6) is 0.423. The predicted molar refractivity (Wildman–Crippen MR) is 123 cm³/mol. The number of benzene rings is 2. The third-order valence-corrected chi connectivity index (χ3v) is 9.04. The number of aliphatic hydroxyl groups is 1. The molecule has 2 heterocycles. The highest BCUT2D eigenvalue weighted by Gasteiger charge is 2.48. The first-order valence-corrected chi connectivity index (χ1v) is 12.5. The smallest absolute Gasteiger partial charge is 0.242 e. The van der Waals surface area contributed by atoms with E-state index in [0.29, 0.717) is 5.92 Å². The zero-order valence-electron chi connectivity index (χ0n) is 17.2. The second kappa shape index (κ2) is 8.40. The van der Waals surface area contributed by atoms with Gasteiger partial charge in [0, 0.05) is 17.8 Å². The third-order valence-electron chi connectivity index (χ3n) is 5.58. The van der Waals surface area contributed by atoms with Crippen molar-refractivity contribution in [3.05, 3.63) is 71.7 Å². The Kier molecular flexibility index (Phi) is 5.87. The van der Waals surface area contributed by atoms with Gasteiger partial charge in [0.25, 0.3) is 0 Å². The van der Waals surface area contributed by atoms with Crippen molar-refractivity contribution < 1.29 is 9.53 Å². The van der Waals surface area contributed by atoms with Crippen LogP contribution in [0.3, 0.4) is 0 Å². The molecule has 0 radical (unpaired) electrons. The number of thiazole rings is 1. The van der Waals surface area contributed by atoms with Gasteiger partial charge in [0.15, 0.2) is 5.13 Å². The molecule has 0 amide bonds. The van der Waals surface area contributed by atoms with E-state index in [2.05, 4.69) is 91.3 Å². The average molecular weight is 425 g/mol. The lowest BCUT2D eigenvalue weighted by atomic mass is 9.74. The summed E-state index contributed by atoms with van der Waals surface area (Å²) < 4.78 is 6.98. The molecule has 4 nitrogen and oxygen atoms in total. The van der Waals surface area contributed by atoms with Gasteiger partial charge in [-0.05, 0) is 15.8 Å². The molecule has 1 aromatic heterocycles. The maximum absolute atomic E-state index is 9.41. The molecule has 1 aliphatic rings. The van der Waals surface area contributed by atoms with Gasteiger partial charge >= 0.3 is 0 Å². The van der Waals surface area contributed by atoms with Gasteiger partial charge in [-0.2, -0.15) is 0 Å². The molecular formula is C23H28N2O2SSi. The highest BCUT2D eigenvalue weighted by atomic mass is 32.1. The molecule has 0 bridgehead atoms. The van der Waals surface area contributed by atoms with Crippen molar-refractivity contribution >= 4 is 35.9 Å². The van der Waals surface area contributed by atoms with E-state index in [1.165, 1.54) is 10.4 Å². The number of rotatable bonds is 6. The van der Waals surface area contributed by atoms with Crippen LogP contribution < -0.4 is 15.3 Å². The molecule has 1 saturated heterocycles. The van der Waals surface area contributed by atoms with Crippen molar-refractivity contribution in [3.8, 4) is 0 Å². The molecule has 6 heteroatoms. The van der Waals surface area contributed by atoms with E-state index in [-0.39, 0.29) is 18.2 Å². The summed E-state index contributed by atoms with van der Waals surface area (Å²) in [7, 11) is -1.86. The molecular weight excluding hydrogens is 396 g/mol. The fourth-order valence-electron chi connectivity index (χ4n) is 3.79. The lowest BCUT2D eigenvalue weighted by Crippen LogP contribution is -2.65. The van der Waals surface area contributed by atoms with Crippen molar-refractivity contribution in [2.24, 2.45) is 11.3 Å². The number of nitrogens with zero attached hydrogens (tertiary/aromatic N) is 2. The maximum Gasteiger partial charge on any atom is 0.242 e. The van der Waals surface area contributed by atoms with Crippen molar-refractivity contribution in [3.63, 3.8) is 0 Å². The third kappa shape index (κ3) is 4.30. The van der Waals surface area contributed by atoms with Gasteiger partial charge in [0.2, 0.25) is 9.04 Å². The maximum atomic E-state index is 9.41. The van der Waals surface area contributed by atoms with Gasteiger partial charge in [-0.1, -0.05) is 81.4 Å². The van der Waals surface area contributed by atoms with Crippen LogP contribution in [0.25, 0.3) is 0 Å². The Labute approximate surface area is 178 Å². The number of hydrogen-bond acceptors (Lipinski definition) is 5. The summed E-state index contributed by atoms with van der Waals surface area (Å²) in [6.45, 7) is 7.76. The van der Waals surface area contributed by atoms with Gasteiger partial charge in [0.1, 0.15) is 6.23 Å². The summed E-state index contributed by atoms with van der Waals surface area (Å²) >= 11 is 1.58. The molecule has 1 aliphatic heterocycles. The minimum Gasteiger partial charge on any atom is -0.391 e. The summed E-state index contributed by atoms with van der Waals surface area (Å²) in [6.07, 6.45) is -0.00947. The minimum absolute atomic E-state index is 0.00947. The Morgan fingerprint density at radius 3 is 2.14 bits per heavy atom. The first-order valence-electron chi connectivity index (χ1n) is 10.0. The molecule has 1 N–H and O–H groups in total. The van der Waals surface area contributed by atoms with Crippen LogP contribution in [0, 0.1) is 11.3 Å². The SMILES string of the molecule is CC(C)(C)C1CN(c2nc(CO)cs2)C1O[SiH](c1ccccc1)c1ccccc1. The topological polar surface area (TPSA) is 45.6 Å². The monoisotopic (exact) mass is 424 g/mol. The van der Waals surface area contributed by atoms with E-state index in [9.17, 15) is 5.11 Å². The van der Waals surface area contributed by atoms with Gasteiger partial charge in [-0.3, -0.25) is 0 Å². The Balaban J connectivity index is 1.67. The van der Waals surface area contributed by atoms with Crippen molar-refractivity contribution in [2.45, 2.75) is 33.6 Å². The lowest BCUT2D eigenvalue weighted by Gasteiger charge is -2.54. The Bertz CT molecular complexity index is 887. The highest BCUT2D eigenvalue weighted by Crippen LogP contribution is 2.43. The van der Waals surface area contributed by atoms with Gasteiger partial charge in [-0.15, -0.1) is 11.3 Å². The van der Waals surface area contributed by atoms with Crippen LogP contribution in [0.15, 0.2) is 66.0 Å². The molecule has 152 valence electrons. The molecule has 3 aromatic rings. The molecule has 2 atom stereocenters. The van der Waals surface area contributed by atoms with Crippen molar-refractivity contribution in [2.75, 3.05) is 11.4 Å². The van der Waals surface area contributed by atoms with Crippen LogP contribution >= 0.6 is 11.3 Å². The van der Waals surface area contributed by atoms with E-state index in [1.54, 1.807) is 11.3 Å². The van der Waals surface area contributed by atoms with Crippen LogP contribution in [-0.2, 0) is 11.0 Å². The quantitative estimate of drug-likeness (QED) is 0.618. The zero-order chi connectivity index (χ0) is 20.4. The highest BCUT2D eigenvalue weighted by molar-refractivity contribution is 7.13. The number of aromatic nitrogens is 1. The molecule has 0 saturated carbocycles. The van der Waals surface area contributed by atoms with Crippen LogP contribution in [0.5, 0.6) is 0 Å². The first kappa shape index (κ1) is 20.3. The fourth-order valence-corrected chi connectivity index (χ4v) is 7.10. The molecule has 0 aliphatic carbocycles. The van der Waals surface area contributed by atoms with Crippen LogP contribution in [-0.4, -0.2) is 31.9 Å². The average Bonchev–Trinajstić information content (AvgIpc) is 3.16. The fraction of sp³-hybridized carbons (Fsp3) is 0.348. The van der Waals surface area contributed by atoms with Crippen LogP contribution in [0.2, 0.25) is 0 Å². The summed E-state index contributed by atoms with van der Waals surface area (Å²) in [5, 5.41) is 14.9. The first-order chi connectivity index (χ1) is 14.0. The van der Waals surface area contributed by atoms with E-state index in [4.69, 9.17) is 4.43 Å². The van der Waals surface area contributed by atoms with E-state index < -0.39 is 9.04 Å².